The van der Waals surface area contributed by atoms with Crippen LogP contribution < -0.4 is 4.90 Å². The number of thioether (sulfide) groups is 2. The van der Waals surface area contributed by atoms with Gasteiger partial charge in [0.15, 0.2) is 0 Å². The third kappa shape index (κ3) is 9.15. The Morgan fingerprint density at radius 3 is 2.35 bits per heavy atom. The summed E-state index contributed by atoms with van der Waals surface area (Å²) in [5.74, 6) is 2.27. The van der Waals surface area contributed by atoms with E-state index in [0.29, 0.717) is 11.7 Å². The van der Waals surface area contributed by atoms with Gasteiger partial charge in [-0.25, -0.2) is 4.31 Å². The van der Waals surface area contributed by atoms with Crippen LogP contribution in [-0.2, 0) is 0 Å². The Bertz CT molecular complexity index is 494. The topological polar surface area (TPSA) is 6.48 Å². The highest BCUT2D eigenvalue weighted by molar-refractivity contribution is 8.01. The van der Waals surface area contributed by atoms with Crippen molar-refractivity contribution in [3.05, 3.63) is 30.3 Å². The lowest BCUT2D eigenvalue weighted by molar-refractivity contribution is -0.0327. The van der Waals surface area contributed by atoms with Crippen molar-refractivity contribution in [1.82, 2.24) is 4.31 Å². The molecule has 0 amide bonds. The molecule has 0 saturated carbocycles. The zero-order valence-corrected chi connectivity index (χ0v) is 17.5. The summed E-state index contributed by atoms with van der Waals surface area (Å²) in [6, 6.07) is 10.5. The van der Waals surface area contributed by atoms with Gasteiger partial charge in [-0.1, -0.05) is 48.8 Å². The summed E-state index contributed by atoms with van der Waals surface area (Å²) in [5.41, 5.74) is -2.79. The highest BCUT2D eigenvalue weighted by Gasteiger charge is 2.27. The number of hydrogen-bond acceptors (Lipinski definition) is 5. The van der Waals surface area contributed by atoms with Crippen molar-refractivity contribution in [1.29, 1.82) is 0 Å². The summed E-state index contributed by atoms with van der Waals surface area (Å²) in [5, 5.41) is 0.296. The van der Waals surface area contributed by atoms with Crippen LogP contribution >= 0.6 is 35.5 Å². The van der Waals surface area contributed by atoms with Gasteiger partial charge in [-0.3, -0.25) is 0 Å². The van der Waals surface area contributed by atoms with E-state index in [2.05, 4.69) is 33.5 Å². The molecule has 0 aromatic heterocycles. The van der Waals surface area contributed by atoms with Crippen molar-refractivity contribution in [3.8, 4) is 0 Å². The van der Waals surface area contributed by atoms with Gasteiger partial charge in [-0.2, -0.15) is 24.9 Å². The third-order valence-electron chi connectivity index (χ3n) is 4.11. The maximum absolute atomic E-state index is 12.1. The number of para-hydroxylation sites is 1. The number of nitrogens with zero attached hydrogens (tertiary/aromatic N) is 2. The van der Waals surface area contributed by atoms with Crippen LogP contribution in [0.5, 0.6) is 0 Å². The van der Waals surface area contributed by atoms with Crippen LogP contribution in [0.4, 0.5) is 18.9 Å². The Balaban J connectivity index is 1.48. The zero-order valence-electron chi connectivity index (χ0n) is 15.1. The van der Waals surface area contributed by atoms with E-state index in [1.54, 1.807) is 11.8 Å². The second-order valence-electron chi connectivity index (χ2n) is 6.20. The number of halogens is 3. The third-order valence-corrected chi connectivity index (χ3v) is 7.41. The predicted octanol–water partition coefficient (Wildman–Crippen LogP) is 5.61. The molecular weight excluding hydrogens is 397 g/mol. The standard InChI is InChI=1S/C18H27F3N2S3/c1-16(8-15-25-18(19,20)21)24-13-5-14-26-23-11-9-22(10-12-23)17-6-3-2-4-7-17/h2-4,6-7,16H,5,8-15H2,1H3. The summed E-state index contributed by atoms with van der Waals surface area (Å²) in [6.07, 6.45) is 1.72. The minimum atomic E-state index is -4.09. The molecule has 2 rings (SSSR count). The molecule has 0 spiro atoms. The van der Waals surface area contributed by atoms with Crippen molar-refractivity contribution in [2.45, 2.75) is 30.5 Å². The molecule has 0 N–H and O–H groups in total. The van der Waals surface area contributed by atoms with Gasteiger partial charge < -0.3 is 4.90 Å². The fraction of sp³-hybridized carbons (Fsp3) is 0.667. The van der Waals surface area contributed by atoms with Crippen LogP contribution in [0.2, 0.25) is 0 Å². The van der Waals surface area contributed by atoms with E-state index < -0.39 is 5.51 Å². The van der Waals surface area contributed by atoms with Gasteiger partial charge in [-0.15, -0.1) is 0 Å². The lowest BCUT2D eigenvalue weighted by Gasteiger charge is -2.35. The van der Waals surface area contributed by atoms with E-state index in [0.717, 1.165) is 44.1 Å². The normalized spacial score (nSPS) is 17.5. The Morgan fingerprint density at radius 2 is 1.69 bits per heavy atom. The first-order chi connectivity index (χ1) is 12.4. The molecule has 1 saturated heterocycles. The predicted molar refractivity (Wildman–Crippen MR) is 112 cm³/mol. The molecule has 2 nitrogen and oxygen atoms in total. The van der Waals surface area contributed by atoms with E-state index in [9.17, 15) is 13.2 Å². The zero-order chi connectivity index (χ0) is 18.8. The monoisotopic (exact) mass is 424 g/mol. The molecule has 0 aliphatic carbocycles. The molecule has 148 valence electrons. The first-order valence-corrected chi connectivity index (χ1v) is 11.9. The first kappa shape index (κ1) is 22.1. The Kier molecular flexibility index (Phi) is 9.88. The molecular formula is C18H27F3N2S3. The van der Waals surface area contributed by atoms with Crippen LogP contribution in [0.1, 0.15) is 19.8 Å². The van der Waals surface area contributed by atoms with E-state index in [-0.39, 0.29) is 17.5 Å². The van der Waals surface area contributed by atoms with Crippen molar-refractivity contribution in [3.63, 3.8) is 0 Å². The smallest absolute Gasteiger partial charge is 0.369 e. The second kappa shape index (κ2) is 11.6. The Morgan fingerprint density at radius 1 is 1.00 bits per heavy atom. The van der Waals surface area contributed by atoms with Gasteiger partial charge in [0.2, 0.25) is 0 Å². The molecule has 1 aromatic rings. The van der Waals surface area contributed by atoms with Gasteiger partial charge in [-0.05, 0) is 30.7 Å². The molecule has 0 radical (unpaired) electrons. The molecule has 1 fully saturated rings. The summed E-state index contributed by atoms with van der Waals surface area (Å²) < 4.78 is 38.7. The van der Waals surface area contributed by atoms with Crippen molar-refractivity contribution < 1.29 is 13.2 Å². The molecule has 26 heavy (non-hydrogen) atoms. The van der Waals surface area contributed by atoms with Crippen LogP contribution in [0.25, 0.3) is 0 Å². The van der Waals surface area contributed by atoms with E-state index in [4.69, 9.17) is 0 Å². The van der Waals surface area contributed by atoms with E-state index in [1.807, 2.05) is 24.9 Å². The number of alkyl halides is 3. The lowest BCUT2D eigenvalue weighted by Crippen LogP contribution is -2.43. The number of benzene rings is 1. The lowest BCUT2D eigenvalue weighted by atomic mass is 10.2. The molecule has 1 heterocycles. The van der Waals surface area contributed by atoms with Crippen LogP contribution in [0.3, 0.4) is 0 Å². The van der Waals surface area contributed by atoms with E-state index in [1.165, 1.54) is 5.69 Å². The van der Waals surface area contributed by atoms with Crippen molar-refractivity contribution in [2.75, 3.05) is 48.3 Å². The van der Waals surface area contributed by atoms with Gasteiger partial charge in [0, 0.05) is 48.6 Å². The molecule has 0 bridgehead atoms. The quantitative estimate of drug-likeness (QED) is 0.355. The second-order valence-corrected chi connectivity index (χ2v) is 10.1. The highest BCUT2D eigenvalue weighted by Crippen LogP contribution is 2.32. The maximum atomic E-state index is 12.1. The van der Waals surface area contributed by atoms with Gasteiger partial charge in [0.1, 0.15) is 0 Å². The van der Waals surface area contributed by atoms with Crippen LogP contribution in [0.15, 0.2) is 30.3 Å². The fourth-order valence-electron chi connectivity index (χ4n) is 2.68. The minimum absolute atomic E-state index is 0.0948. The van der Waals surface area contributed by atoms with E-state index >= 15 is 0 Å². The summed E-state index contributed by atoms with van der Waals surface area (Å²) >= 11 is 3.79. The molecule has 1 atom stereocenters. The summed E-state index contributed by atoms with van der Waals surface area (Å²) in [6.45, 7) is 6.27. The number of hydrogen-bond donors (Lipinski definition) is 0. The van der Waals surface area contributed by atoms with Crippen LogP contribution in [0, 0.1) is 0 Å². The largest absolute Gasteiger partial charge is 0.441 e. The Labute approximate surface area is 167 Å². The van der Waals surface area contributed by atoms with Gasteiger partial charge in [0.05, 0.1) is 0 Å². The number of rotatable bonds is 10. The average molecular weight is 425 g/mol. The average Bonchev–Trinajstić information content (AvgIpc) is 2.61. The van der Waals surface area contributed by atoms with Crippen molar-refractivity contribution in [2.24, 2.45) is 0 Å². The number of piperazine rings is 1. The van der Waals surface area contributed by atoms with Gasteiger partial charge in [0.25, 0.3) is 0 Å². The highest BCUT2D eigenvalue weighted by atomic mass is 32.2. The maximum Gasteiger partial charge on any atom is 0.441 e. The minimum Gasteiger partial charge on any atom is -0.369 e. The number of anilines is 1. The Hall–Kier alpha value is -0.180. The molecule has 1 aliphatic rings. The van der Waals surface area contributed by atoms with Crippen molar-refractivity contribution >= 4 is 41.2 Å². The molecule has 1 aliphatic heterocycles. The SMILES string of the molecule is CC(CCSC(F)(F)F)SCCCSN1CCN(c2ccccc2)CC1. The summed E-state index contributed by atoms with van der Waals surface area (Å²) in [4.78, 5) is 2.42. The van der Waals surface area contributed by atoms with Crippen LogP contribution in [-0.4, -0.2) is 58.5 Å². The fourth-order valence-corrected chi connectivity index (χ4v) is 5.66. The molecule has 1 aromatic carbocycles. The molecule has 1 unspecified atom stereocenters. The van der Waals surface area contributed by atoms with Gasteiger partial charge >= 0.3 is 5.51 Å². The summed E-state index contributed by atoms with van der Waals surface area (Å²) in [7, 11) is 0. The first-order valence-electron chi connectivity index (χ1n) is 8.94. The molecule has 8 heteroatoms.